The summed E-state index contributed by atoms with van der Waals surface area (Å²) in [4.78, 5) is 0.473. The third-order valence-electron chi connectivity index (χ3n) is 4.28. The molecular formula is C16H24N2O2S. The van der Waals surface area contributed by atoms with Gasteiger partial charge in [-0.05, 0) is 56.2 Å². The smallest absolute Gasteiger partial charge is 0.243 e. The fourth-order valence-electron chi connectivity index (χ4n) is 2.68. The highest BCUT2D eigenvalue weighted by Crippen LogP contribution is 2.36. The van der Waals surface area contributed by atoms with Crippen LogP contribution in [0.1, 0.15) is 31.2 Å². The molecule has 1 N–H and O–H groups in total. The monoisotopic (exact) mass is 308 g/mol. The molecule has 2 fully saturated rings. The minimum absolute atomic E-state index is 0.473. The van der Waals surface area contributed by atoms with Gasteiger partial charge in [-0.25, -0.2) is 8.42 Å². The number of sulfonamides is 1. The first-order valence-electron chi connectivity index (χ1n) is 7.84. The summed E-state index contributed by atoms with van der Waals surface area (Å²) in [5, 5.41) is 3.06. The van der Waals surface area contributed by atoms with E-state index in [4.69, 9.17) is 0 Å². The first kappa shape index (κ1) is 15.0. The summed E-state index contributed by atoms with van der Waals surface area (Å²) >= 11 is 0. The van der Waals surface area contributed by atoms with E-state index in [-0.39, 0.29) is 0 Å². The molecule has 1 aromatic carbocycles. The molecule has 0 amide bonds. The Morgan fingerprint density at radius 3 is 2.19 bits per heavy atom. The topological polar surface area (TPSA) is 49.4 Å². The fourth-order valence-corrected chi connectivity index (χ4v) is 4.49. The summed E-state index contributed by atoms with van der Waals surface area (Å²) in [6, 6.07) is 7.36. The lowest BCUT2D eigenvalue weighted by atomic mass is 10.2. The average Bonchev–Trinajstić information content (AvgIpc) is 3.34. The predicted molar refractivity (Wildman–Crippen MR) is 83.4 cm³/mol. The van der Waals surface area contributed by atoms with E-state index in [1.54, 1.807) is 10.4 Å². The second-order valence-electron chi connectivity index (χ2n) is 6.35. The van der Waals surface area contributed by atoms with Gasteiger partial charge in [-0.3, -0.25) is 0 Å². The number of hydrogen-bond donors (Lipinski definition) is 1. The van der Waals surface area contributed by atoms with Crippen LogP contribution in [0.3, 0.4) is 0 Å². The van der Waals surface area contributed by atoms with Crippen molar-refractivity contribution in [3.63, 3.8) is 0 Å². The Balaban J connectivity index is 1.88. The van der Waals surface area contributed by atoms with Crippen LogP contribution in [0.4, 0.5) is 0 Å². The Hall–Kier alpha value is -0.910. The Morgan fingerprint density at radius 1 is 1.10 bits per heavy atom. The first-order valence-corrected chi connectivity index (χ1v) is 9.28. The van der Waals surface area contributed by atoms with Crippen molar-refractivity contribution in [3.8, 4) is 0 Å². The van der Waals surface area contributed by atoms with Crippen molar-refractivity contribution in [3.05, 3.63) is 29.8 Å². The minimum Gasteiger partial charge on any atom is -0.316 e. The summed E-state index contributed by atoms with van der Waals surface area (Å²) in [5.74, 6) is 1.16. The van der Waals surface area contributed by atoms with Crippen molar-refractivity contribution in [1.82, 2.24) is 9.62 Å². The summed E-state index contributed by atoms with van der Waals surface area (Å²) in [6.45, 7) is 1.98. The van der Waals surface area contributed by atoms with Crippen LogP contribution in [-0.4, -0.2) is 32.9 Å². The maximum Gasteiger partial charge on any atom is 0.243 e. The van der Waals surface area contributed by atoms with Crippen molar-refractivity contribution in [2.75, 3.05) is 20.1 Å². The van der Waals surface area contributed by atoms with Gasteiger partial charge in [0.2, 0.25) is 10.0 Å². The van der Waals surface area contributed by atoms with Gasteiger partial charge in [0, 0.05) is 19.6 Å². The van der Waals surface area contributed by atoms with Crippen LogP contribution in [0.15, 0.2) is 29.2 Å². The van der Waals surface area contributed by atoms with Gasteiger partial charge in [-0.2, -0.15) is 4.31 Å². The lowest BCUT2D eigenvalue weighted by Gasteiger charge is -2.23. The second-order valence-corrected chi connectivity index (χ2v) is 8.25. The highest BCUT2D eigenvalue weighted by molar-refractivity contribution is 7.89. The van der Waals surface area contributed by atoms with Crippen LogP contribution in [0, 0.1) is 11.8 Å². The van der Waals surface area contributed by atoms with E-state index in [1.807, 2.05) is 25.2 Å². The van der Waals surface area contributed by atoms with E-state index < -0.39 is 10.0 Å². The Labute approximate surface area is 127 Å². The molecule has 0 spiro atoms. The molecule has 0 atom stereocenters. The van der Waals surface area contributed by atoms with E-state index in [9.17, 15) is 8.42 Å². The molecule has 21 heavy (non-hydrogen) atoms. The zero-order chi connectivity index (χ0) is 14.9. The van der Waals surface area contributed by atoms with Crippen LogP contribution in [-0.2, 0) is 16.6 Å². The number of benzene rings is 1. The van der Waals surface area contributed by atoms with Crippen LogP contribution in [0.2, 0.25) is 0 Å². The van der Waals surface area contributed by atoms with Gasteiger partial charge in [0.05, 0.1) is 4.90 Å². The fraction of sp³-hybridized carbons (Fsp3) is 0.625. The lowest BCUT2D eigenvalue weighted by Crippen LogP contribution is -2.35. The number of nitrogens with one attached hydrogen (secondary N) is 1. The quantitative estimate of drug-likeness (QED) is 0.801. The zero-order valence-electron chi connectivity index (χ0n) is 12.6. The summed E-state index contributed by atoms with van der Waals surface area (Å²) in [6.07, 6.45) is 4.70. The molecule has 5 heteroatoms. The van der Waals surface area contributed by atoms with Crippen LogP contribution >= 0.6 is 0 Å². The molecule has 0 aromatic heterocycles. The third-order valence-corrected chi connectivity index (χ3v) is 6.21. The van der Waals surface area contributed by atoms with Gasteiger partial charge in [0.15, 0.2) is 0 Å². The molecular weight excluding hydrogens is 284 g/mol. The van der Waals surface area contributed by atoms with E-state index >= 15 is 0 Å². The van der Waals surface area contributed by atoms with E-state index in [0.29, 0.717) is 36.4 Å². The van der Waals surface area contributed by atoms with Gasteiger partial charge in [0.25, 0.3) is 0 Å². The van der Waals surface area contributed by atoms with E-state index in [0.717, 1.165) is 5.56 Å². The van der Waals surface area contributed by atoms with Crippen molar-refractivity contribution in [1.29, 1.82) is 0 Å². The Kier molecular flexibility index (Phi) is 4.33. The Morgan fingerprint density at radius 2 is 1.67 bits per heavy atom. The van der Waals surface area contributed by atoms with E-state index in [2.05, 4.69) is 5.32 Å². The Bertz CT molecular complexity index is 578. The molecule has 3 rings (SSSR count). The lowest BCUT2D eigenvalue weighted by molar-refractivity contribution is 0.381. The third kappa shape index (κ3) is 3.65. The van der Waals surface area contributed by atoms with Gasteiger partial charge < -0.3 is 5.32 Å². The molecule has 4 nitrogen and oxygen atoms in total. The SMILES string of the molecule is CNCc1ccccc1S(=O)(=O)N(CC1CC1)CC1CC1. The van der Waals surface area contributed by atoms with E-state index in [1.165, 1.54) is 25.7 Å². The zero-order valence-corrected chi connectivity index (χ0v) is 13.4. The maximum absolute atomic E-state index is 13.1. The molecule has 0 radical (unpaired) electrons. The number of rotatable bonds is 8. The summed E-state index contributed by atoms with van der Waals surface area (Å²) < 4.78 is 27.9. The van der Waals surface area contributed by atoms with Crippen molar-refractivity contribution >= 4 is 10.0 Å². The van der Waals surface area contributed by atoms with Gasteiger partial charge >= 0.3 is 0 Å². The molecule has 0 saturated heterocycles. The normalized spacial score (nSPS) is 19.1. The molecule has 0 aliphatic heterocycles. The molecule has 1 aromatic rings. The molecule has 2 aliphatic rings. The summed E-state index contributed by atoms with van der Waals surface area (Å²) in [5.41, 5.74) is 0.858. The van der Waals surface area contributed by atoms with Crippen molar-refractivity contribution in [2.45, 2.75) is 37.1 Å². The largest absolute Gasteiger partial charge is 0.316 e. The maximum atomic E-state index is 13.1. The highest BCUT2D eigenvalue weighted by atomic mass is 32.2. The first-order chi connectivity index (χ1) is 10.1. The van der Waals surface area contributed by atoms with Gasteiger partial charge in [-0.1, -0.05) is 18.2 Å². The van der Waals surface area contributed by atoms with Crippen LogP contribution < -0.4 is 5.32 Å². The second kappa shape index (κ2) is 6.07. The van der Waals surface area contributed by atoms with Crippen molar-refractivity contribution in [2.24, 2.45) is 11.8 Å². The number of nitrogens with zero attached hydrogens (tertiary/aromatic N) is 1. The molecule has 2 saturated carbocycles. The molecule has 0 unspecified atom stereocenters. The highest BCUT2D eigenvalue weighted by Gasteiger charge is 2.36. The molecule has 0 heterocycles. The molecule has 2 aliphatic carbocycles. The van der Waals surface area contributed by atoms with Crippen LogP contribution in [0.25, 0.3) is 0 Å². The average molecular weight is 308 g/mol. The molecule has 0 bridgehead atoms. The standard InChI is InChI=1S/C16H24N2O2S/c1-17-10-15-4-2-3-5-16(15)21(19,20)18(11-13-6-7-13)12-14-8-9-14/h2-5,13-14,17H,6-12H2,1H3. The van der Waals surface area contributed by atoms with Crippen molar-refractivity contribution < 1.29 is 8.42 Å². The minimum atomic E-state index is -3.37. The number of hydrogen-bond acceptors (Lipinski definition) is 3. The van der Waals surface area contributed by atoms with Gasteiger partial charge in [-0.15, -0.1) is 0 Å². The predicted octanol–water partition coefficient (Wildman–Crippen LogP) is 2.22. The van der Waals surface area contributed by atoms with Gasteiger partial charge in [0.1, 0.15) is 0 Å². The van der Waals surface area contributed by atoms with Crippen LogP contribution in [0.5, 0.6) is 0 Å². The molecule has 116 valence electrons. The summed E-state index contributed by atoms with van der Waals surface area (Å²) in [7, 11) is -1.53.